The number of fused-ring (bicyclic) bond motifs is 2. The quantitative estimate of drug-likeness (QED) is 0.303. The van der Waals surface area contributed by atoms with Crippen LogP contribution in [-0.4, -0.2) is 40.2 Å². The first kappa shape index (κ1) is 24.4. The fourth-order valence-corrected chi connectivity index (χ4v) is 6.44. The topological polar surface area (TPSA) is 77.9 Å². The Labute approximate surface area is 208 Å². The number of anilines is 2. The van der Waals surface area contributed by atoms with Crippen molar-refractivity contribution in [2.45, 2.75) is 55.7 Å². The summed E-state index contributed by atoms with van der Waals surface area (Å²) >= 11 is 2.56. The zero-order valence-electron chi connectivity index (χ0n) is 19.4. The van der Waals surface area contributed by atoms with Crippen molar-refractivity contribution in [1.82, 2.24) is 4.90 Å². The predicted octanol–water partition coefficient (Wildman–Crippen LogP) is 6.77. The zero-order chi connectivity index (χ0) is 24.2. The maximum Gasteiger partial charge on any atom is 0.323 e. The van der Waals surface area contributed by atoms with E-state index in [2.05, 4.69) is 43.0 Å². The summed E-state index contributed by atoms with van der Waals surface area (Å²) in [5, 5.41) is 8.61. The lowest BCUT2D eigenvalue weighted by Crippen LogP contribution is -2.33. The van der Waals surface area contributed by atoms with Gasteiger partial charge in [0.15, 0.2) is 0 Å². The molecule has 2 amide bonds. The summed E-state index contributed by atoms with van der Waals surface area (Å²) in [6, 6.07) is 14.5. The molecule has 1 saturated heterocycles. The Morgan fingerprint density at radius 1 is 0.912 bits per heavy atom. The Bertz CT molecular complexity index is 1160. The van der Waals surface area contributed by atoms with Crippen LogP contribution in [0.4, 0.5) is 16.2 Å². The minimum absolute atomic E-state index is 0.358. The molecule has 0 atom stereocenters. The molecule has 1 fully saturated rings. The van der Waals surface area contributed by atoms with Crippen LogP contribution in [0.3, 0.4) is 0 Å². The lowest BCUT2D eigenvalue weighted by molar-refractivity contribution is -0.140. The van der Waals surface area contributed by atoms with Crippen LogP contribution in [0.25, 0.3) is 5.57 Å². The number of hydrogen-bond acceptors (Lipinski definition) is 6. The van der Waals surface area contributed by atoms with Crippen LogP contribution >= 0.6 is 23.5 Å². The Hall–Kier alpha value is -2.71. The summed E-state index contributed by atoms with van der Waals surface area (Å²) in [6.45, 7) is 4.50. The van der Waals surface area contributed by atoms with Crippen molar-refractivity contribution >= 4 is 57.6 Å². The molecule has 0 spiro atoms. The predicted molar refractivity (Wildman–Crippen MR) is 138 cm³/mol. The molecule has 2 aliphatic heterocycles. The summed E-state index contributed by atoms with van der Waals surface area (Å²) in [5.74, 6) is -1.70. The number of rotatable bonds is 9. The van der Waals surface area contributed by atoms with Crippen molar-refractivity contribution in [3.8, 4) is 0 Å². The van der Waals surface area contributed by atoms with Crippen LogP contribution in [0.5, 0.6) is 0 Å². The van der Waals surface area contributed by atoms with E-state index in [9.17, 15) is 14.4 Å². The Kier molecular flexibility index (Phi) is 7.68. The highest BCUT2D eigenvalue weighted by atomic mass is 32.2. The molecule has 2 aromatic rings. The highest BCUT2D eigenvalue weighted by molar-refractivity contribution is 8.18. The third kappa shape index (κ3) is 4.88. The number of hydrogen-bond donors (Lipinski definition) is 1. The first-order chi connectivity index (χ1) is 16.4. The smallest absolute Gasteiger partial charge is 0.323 e. The van der Waals surface area contributed by atoms with Gasteiger partial charge in [-0.25, -0.2) is 0 Å². The molecule has 8 heteroatoms. The van der Waals surface area contributed by atoms with Crippen LogP contribution in [0, 0.1) is 0 Å². The van der Waals surface area contributed by atoms with Crippen molar-refractivity contribution in [2.24, 2.45) is 0 Å². The molecule has 0 aliphatic carbocycles. The van der Waals surface area contributed by atoms with Crippen molar-refractivity contribution in [3.05, 3.63) is 52.9 Å². The Morgan fingerprint density at radius 2 is 1.68 bits per heavy atom. The molecule has 178 valence electrons. The minimum Gasteiger partial charge on any atom is -0.480 e. The SMILES string of the molecule is CCCCCCC(=C1SC(=O)N(CC(=O)O)C1=O)c1ccc2c(c1)Sc1ccccc1N2CC. The van der Waals surface area contributed by atoms with Crippen LogP contribution in [-0.2, 0) is 9.59 Å². The van der Waals surface area contributed by atoms with E-state index < -0.39 is 23.7 Å². The largest absolute Gasteiger partial charge is 0.480 e. The molecule has 0 saturated carbocycles. The molecule has 6 nitrogen and oxygen atoms in total. The second-order valence-corrected chi connectivity index (χ2v) is 10.3. The summed E-state index contributed by atoms with van der Waals surface area (Å²) in [6.07, 6.45) is 4.82. The van der Waals surface area contributed by atoms with Crippen LogP contribution < -0.4 is 4.90 Å². The lowest BCUT2D eigenvalue weighted by atomic mass is 9.97. The van der Waals surface area contributed by atoms with Gasteiger partial charge in [-0.05, 0) is 66.9 Å². The van der Waals surface area contributed by atoms with Crippen LogP contribution in [0.2, 0.25) is 0 Å². The number of carboxylic acid groups (broad SMARTS) is 1. The van der Waals surface area contributed by atoms with E-state index in [4.69, 9.17) is 5.11 Å². The summed E-state index contributed by atoms with van der Waals surface area (Å²) < 4.78 is 0. The van der Waals surface area contributed by atoms with Gasteiger partial charge in [0.2, 0.25) is 0 Å². The normalized spacial score (nSPS) is 16.5. The number of amides is 2. The van der Waals surface area contributed by atoms with E-state index in [1.807, 2.05) is 18.2 Å². The lowest BCUT2D eigenvalue weighted by Gasteiger charge is -2.32. The number of para-hydroxylation sites is 1. The maximum absolute atomic E-state index is 13.1. The molecular formula is C26H28N2O4S2. The zero-order valence-corrected chi connectivity index (χ0v) is 21.0. The van der Waals surface area contributed by atoms with Gasteiger partial charge in [0.05, 0.1) is 16.3 Å². The van der Waals surface area contributed by atoms with Crippen molar-refractivity contribution in [3.63, 3.8) is 0 Å². The number of allylic oxidation sites excluding steroid dienone is 1. The highest BCUT2D eigenvalue weighted by Gasteiger charge is 2.38. The molecule has 0 radical (unpaired) electrons. The molecule has 2 aromatic carbocycles. The number of carbonyl (C=O) groups is 3. The Balaban J connectivity index is 1.74. The van der Waals surface area contributed by atoms with Gasteiger partial charge in [-0.1, -0.05) is 56.1 Å². The van der Waals surface area contributed by atoms with Crippen molar-refractivity contribution in [1.29, 1.82) is 0 Å². The van der Waals surface area contributed by atoms with Gasteiger partial charge in [-0.2, -0.15) is 0 Å². The fourth-order valence-electron chi connectivity index (χ4n) is 4.33. The monoisotopic (exact) mass is 496 g/mol. The van der Waals surface area contributed by atoms with Gasteiger partial charge in [0.25, 0.3) is 11.1 Å². The van der Waals surface area contributed by atoms with Crippen molar-refractivity contribution < 1.29 is 19.5 Å². The van der Waals surface area contributed by atoms with E-state index in [0.29, 0.717) is 11.3 Å². The maximum atomic E-state index is 13.1. The Morgan fingerprint density at radius 3 is 2.41 bits per heavy atom. The van der Waals surface area contributed by atoms with E-state index >= 15 is 0 Å². The second-order valence-electron chi connectivity index (χ2n) is 8.27. The van der Waals surface area contributed by atoms with Gasteiger partial charge in [-0.15, -0.1) is 0 Å². The number of benzene rings is 2. The minimum atomic E-state index is -1.20. The molecule has 2 aliphatic rings. The summed E-state index contributed by atoms with van der Waals surface area (Å²) in [5.41, 5.74) is 4.06. The number of carbonyl (C=O) groups excluding carboxylic acids is 2. The molecule has 1 N–H and O–H groups in total. The van der Waals surface area contributed by atoms with Gasteiger partial charge in [0, 0.05) is 16.3 Å². The fraction of sp³-hybridized carbons (Fsp3) is 0.346. The van der Waals surface area contributed by atoms with Crippen LogP contribution in [0.15, 0.2) is 57.2 Å². The van der Waals surface area contributed by atoms with E-state index in [1.54, 1.807) is 11.8 Å². The highest BCUT2D eigenvalue weighted by Crippen LogP contribution is 2.49. The average molecular weight is 497 g/mol. The first-order valence-electron chi connectivity index (χ1n) is 11.6. The van der Waals surface area contributed by atoms with Gasteiger partial charge in [0.1, 0.15) is 6.54 Å². The standard InChI is InChI=1S/C26H28N2O4S2/c1-3-5-6-7-10-18(24-25(31)28(16-23(29)30)26(32)34-24)17-13-14-20-22(15-17)33-21-12-9-8-11-19(21)27(20)4-2/h8-9,11-15H,3-7,10,16H2,1-2H3,(H,29,30). The molecule has 2 heterocycles. The second kappa shape index (κ2) is 10.7. The van der Waals surface area contributed by atoms with E-state index in [-0.39, 0.29) is 0 Å². The van der Waals surface area contributed by atoms with Gasteiger partial charge >= 0.3 is 5.97 Å². The molecule has 0 unspecified atom stereocenters. The third-order valence-corrected chi connectivity index (χ3v) is 8.12. The number of thioether (sulfide) groups is 1. The number of aliphatic carboxylic acids is 1. The average Bonchev–Trinajstić information content (AvgIpc) is 3.10. The first-order valence-corrected chi connectivity index (χ1v) is 13.2. The molecule has 34 heavy (non-hydrogen) atoms. The van der Waals surface area contributed by atoms with E-state index in [0.717, 1.165) is 70.6 Å². The van der Waals surface area contributed by atoms with Gasteiger partial charge in [-0.3, -0.25) is 19.3 Å². The van der Waals surface area contributed by atoms with Crippen molar-refractivity contribution in [2.75, 3.05) is 18.0 Å². The molecular weight excluding hydrogens is 468 g/mol. The van der Waals surface area contributed by atoms with Gasteiger partial charge < -0.3 is 10.0 Å². The molecule has 0 bridgehead atoms. The van der Waals surface area contributed by atoms with E-state index in [1.165, 1.54) is 10.6 Å². The number of imide groups is 1. The number of nitrogens with zero attached hydrogens (tertiary/aromatic N) is 2. The van der Waals surface area contributed by atoms with Crippen LogP contribution in [0.1, 0.15) is 51.5 Å². The molecule has 4 rings (SSSR count). The molecule has 0 aromatic heterocycles. The number of unbranched alkanes of at least 4 members (excludes halogenated alkanes) is 3. The third-order valence-electron chi connectivity index (χ3n) is 5.99. The summed E-state index contributed by atoms with van der Waals surface area (Å²) in [4.78, 5) is 42.4. The number of carboxylic acids is 1. The summed E-state index contributed by atoms with van der Waals surface area (Å²) in [7, 11) is 0.